The number of aliphatic imine (C=N–C) groups is 1. The summed E-state index contributed by atoms with van der Waals surface area (Å²) >= 11 is 0.797. The molecular formula is C20H23F2N5O3S. The number of amides is 1. The molecule has 1 unspecified atom stereocenters. The highest BCUT2D eigenvalue weighted by molar-refractivity contribution is 7.19. The number of hydrogen-bond donors (Lipinski definition) is 3. The molecule has 1 saturated heterocycles. The summed E-state index contributed by atoms with van der Waals surface area (Å²) in [5, 5.41) is 10.2. The van der Waals surface area contributed by atoms with E-state index < -0.39 is 23.6 Å². The highest BCUT2D eigenvalue weighted by Gasteiger charge is 2.25. The molecule has 1 atom stereocenters. The molecule has 0 radical (unpaired) electrons. The highest BCUT2D eigenvalue weighted by atomic mass is 32.1. The fraction of sp³-hybridized carbons (Fsp3) is 0.400. The van der Waals surface area contributed by atoms with Gasteiger partial charge in [0.1, 0.15) is 27.7 Å². The molecule has 1 aromatic heterocycles. The van der Waals surface area contributed by atoms with Crippen LogP contribution in [0.5, 0.6) is 0 Å². The Bertz CT molecular complexity index is 955. The van der Waals surface area contributed by atoms with Crippen molar-refractivity contribution in [1.29, 1.82) is 5.41 Å². The number of hydrogen-bond acceptors (Lipinski definition) is 8. The van der Waals surface area contributed by atoms with E-state index in [1.54, 1.807) is 0 Å². The topological polar surface area (TPSA) is 123 Å². The van der Waals surface area contributed by atoms with Gasteiger partial charge in [0.2, 0.25) is 5.90 Å². The van der Waals surface area contributed by atoms with Gasteiger partial charge in [0.25, 0.3) is 5.91 Å². The summed E-state index contributed by atoms with van der Waals surface area (Å²) in [7, 11) is 1.50. The van der Waals surface area contributed by atoms with E-state index in [-0.39, 0.29) is 27.2 Å². The van der Waals surface area contributed by atoms with Gasteiger partial charge in [0, 0.05) is 26.5 Å². The number of anilines is 1. The van der Waals surface area contributed by atoms with Crippen molar-refractivity contribution in [3.8, 4) is 10.6 Å². The quantitative estimate of drug-likeness (QED) is 0.441. The fourth-order valence-electron chi connectivity index (χ4n) is 3.10. The van der Waals surface area contributed by atoms with Crippen molar-refractivity contribution >= 4 is 34.4 Å². The zero-order valence-electron chi connectivity index (χ0n) is 16.9. The zero-order chi connectivity index (χ0) is 22.4. The molecule has 11 heteroatoms. The van der Waals surface area contributed by atoms with Crippen molar-refractivity contribution < 1.29 is 23.0 Å². The Kier molecular flexibility index (Phi) is 7.64. The molecular weight excluding hydrogens is 428 g/mol. The molecule has 1 aliphatic heterocycles. The van der Waals surface area contributed by atoms with E-state index in [2.05, 4.69) is 15.3 Å². The van der Waals surface area contributed by atoms with Crippen LogP contribution in [0.4, 0.5) is 13.8 Å². The molecule has 166 valence electrons. The van der Waals surface area contributed by atoms with Gasteiger partial charge < -0.3 is 25.9 Å². The second kappa shape index (κ2) is 10.4. The number of carbonyl (C=O) groups is 1. The van der Waals surface area contributed by atoms with Gasteiger partial charge in [-0.3, -0.25) is 9.79 Å². The average molecular weight is 451 g/mol. The molecule has 31 heavy (non-hydrogen) atoms. The largest absolute Gasteiger partial charge is 0.479 e. The minimum absolute atomic E-state index is 0.00278. The number of nitrogens with one attached hydrogen (secondary N) is 2. The van der Waals surface area contributed by atoms with Gasteiger partial charge in [-0.15, -0.1) is 0 Å². The van der Waals surface area contributed by atoms with Gasteiger partial charge in [0.15, 0.2) is 5.69 Å². The standard InChI is InChI=1S/C20H23F2N5O3S/c1-25-19(30-10-11-5-7-29-8-6-11)14(9-23)26-18(28)16-17(24)31-20(27-16)15-12(21)3-2-4-13(15)22/h2-4,9,11,14,23H,5-8,10,24H2,1H3,(H,26,28). The zero-order valence-corrected chi connectivity index (χ0v) is 17.7. The lowest BCUT2D eigenvalue weighted by atomic mass is 10.0. The maximum atomic E-state index is 14.0. The van der Waals surface area contributed by atoms with E-state index in [4.69, 9.17) is 20.6 Å². The lowest BCUT2D eigenvalue weighted by Crippen LogP contribution is -2.43. The predicted molar refractivity (Wildman–Crippen MR) is 115 cm³/mol. The summed E-state index contributed by atoms with van der Waals surface area (Å²) in [6, 6.07) is 2.49. The van der Waals surface area contributed by atoms with E-state index >= 15 is 0 Å². The maximum absolute atomic E-state index is 14.0. The van der Waals surface area contributed by atoms with Crippen LogP contribution in [-0.4, -0.2) is 55.9 Å². The van der Waals surface area contributed by atoms with Gasteiger partial charge in [-0.1, -0.05) is 17.4 Å². The Morgan fingerprint density at radius 1 is 1.45 bits per heavy atom. The van der Waals surface area contributed by atoms with Crippen LogP contribution in [0.1, 0.15) is 23.3 Å². The van der Waals surface area contributed by atoms with Crippen LogP contribution in [0.3, 0.4) is 0 Å². The molecule has 4 N–H and O–H groups in total. The van der Waals surface area contributed by atoms with E-state index in [1.165, 1.54) is 13.1 Å². The van der Waals surface area contributed by atoms with Crippen LogP contribution >= 0.6 is 11.3 Å². The first-order chi connectivity index (χ1) is 14.9. The summed E-state index contributed by atoms with van der Waals surface area (Å²) in [5.74, 6) is -1.84. The highest BCUT2D eigenvalue weighted by Crippen LogP contribution is 2.33. The Labute approximate surface area is 182 Å². The number of benzene rings is 1. The third-order valence-corrected chi connectivity index (χ3v) is 5.69. The Morgan fingerprint density at radius 2 is 2.13 bits per heavy atom. The SMILES string of the molecule is CN=C(OCC1CCOCC1)C(C=N)NC(=O)c1nc(-c2c(F)cccc2F)sc1N. The Morgan fingerprint density at radius 3 is 2.74 bits per heavy atom. The van der Waals surface area contributed by atoms with Crippen molar-refractivity contribution in [1.82, 2.24) is 10.3 Å². The number of thiazole rings is 1. The number of ether oxygens (including phenoxy) is 2. The second-order valence-electron chi connectivity index (χ2n) is 6.87. The lowest BCUT2D eigenvalue weighted by molar-refractivity contribution is 0.0471. The first kappa shape index (κ1) is 22.8. The van der Waals surface area contributed by atoms with Gasteiger partial charge in [-0.2, -0.15) is 0 Å². The first-order valence-electron chi connectivity index (χ1n) is 9.64. The van der Waals surface area contributed by atoms with Crippen molar-refractivity contribution in [2.24, 2.45) is 10.9 Å². The molecule has 3 rings (SSSR count). The average Bonchev–Trinajstić information content (AvgIpc) is 3.15. The summed E-state index contributed by atoms with van der Waals surface area (Å²) in [5.41, 5.74) is 5.35. The molecule has 1 amide bonds. The lowest BCUT2D eigenvalue weighted by Gasteiger charge is -2.24. The van der Waals surface area contributed by atoms with Gasteiger partial charge in [-0.25, -0.2) is 13.8 Å². The second-order valence-corrected chi connectivity index (χ2v) is 7.91. The minimum atomic E-state index is -0.938. The van der Waals surface area contributed by atoms with Gasteiger partial charge in [-0.05, 0) is 30.9 Å². The Hall–Kier alpha value is -2.92. The minimum Gasteiger partial charge on any atom is -0.479 e. The predicted octanol–water partition coefficient (Wildman–Crippen LogP) is 2.89. The summed E-state index contributed by atoms with van der Waals surface area (Å²) in [6.45, 7) is 1.74. The van der Waals surface area contributed by atoms with Crippen LogP contribution in [0, 0.1) is 23.0 Å². The molecule has 1 aromatic carbocycles. The summed E-state index contributed by atoms with van der Waals surface area (Å²) in [4.78, 5) is 20.8. The molecule has 0 aliphatic carbocycles. The van der Waals surface area contributed by atoms with Crippen molar-refractivity contribution in [2.75, 3.05) is 32.6 Å². The number of nitrogens with two attached hydrogens (primary N) is 1. The third-order valence-electron chi connectivity index (χ3n) is 4.79. The third kappa shape index (κ3) is 5.42. The van der Waals surface area contributed by atoms with Crippen molar-refractivity contribution in [3.05, 3.63) is 35.5 Å². The fourth-order valence-corrected chi connectivity index (χ4v) is 3.98. The number of nitrogens with zero attached hydrogens (tertiary/aromatic N) is 2. The number of rotatable bonds is 7. The van der Waals surface area contributed by atoms with Crippen LogP contribution in [0.2, 0.25) is 0 Å². The monoisotopic (exact) mass is 451 g/mol. The van der Waals surface area contributed by atoms with E-state index in [0.29, 0.717) is 25.7 Å². The molecule has 1 aliphatic rings. The first-order valence-corrected chi connectivity index (χ1v) is 10.5. The van der Waals surface area contributed by atoms with E-state index in [9.17, 15) is 13.6 Å². The molecule has 0 bridgehead atoms. The normalized spacial score (nSPS) is 16.0. The molecule has 2 heterocycles. The number of carbonyl (C=O) groups excluding carboxylic acids is 1. The van der Waals surface area contributed by atoms with Crippen LogP contribution in [0.15, 0.2) is 23.2 Å². The van der Waals surface area contributed by atoms with Gasteiger partial charge in [0.05, 0.1) is 12.2 Å². The summed E-state index contributed by atoms with van der Waals surface area (Å²) in [6.07, 6.45) is 2.71. The van der Waals surface area contributed by atoms with Crippen molar-refractivity contribution in [2.45, 2.75) is 18.9 Å². The summed E-state index contributed by atoms with van der Waals surface area (Å²) < 4.78 is 39.2. The van der Waals surface area contributed by atoms with E-state index in [0.717, 1.165) is 42.5 Å². The van der Waals surface area contributed by atoms with Crippen molar-refractivity contribution in [3.63, 3.8) is 0 Å². The molecule has 2 aromatic rings. The molecule has 0 saturated carbocycles. The van der Waals surface area contributed by atoms with Crippen LogP contribution in [0.25, 0.3) is 10.6 Å². The number of halogens is 2. The smallest absolute Gasteiger partial charge is 0.273 e. The molecule has 8 nitrogen and oxygen atoms in total. The Balaban J connectivity index is 1.71. The van der Waals surface area contributed by atoms with Crippen LogP contribution < -0.4 is 11.1 Å². The maximum Gasteiger partial charge on any atom is 0.273 e. The number of nitrogen functional groups attached to an aromatic ring is 1. The van der Waals surface area contributed by atoms with E-state index in [1.807, 2.05) is 0 Å². The number of aromatic nitrogens is 1. The van der Waals surface area contributed by atoms with Gasteiger partial charge >= 0.3 is 0 Å². The molecule has 1 fully saturated rings. The molecule has 0 spiro atoms. The van der Waals surface area contributed by atoms with Crippen LogP contribution in [-0.2, 0) is 9.47 Å².